The second-order valence-corrected chi connectivity index (χ2v) is 10.3. The zero-order chi connectivity index (χ0) is 24.4. The van der Waals surface area contributed by atoms with Crippen LogP contribution in [0.5, 0.6) is 0 Å². The van der Waals surface area contributed by atoms with Gasteiger partial charge in [0.1, 0.15) is 5.15 Å². The Morgan fingerprint density at radius 3 is 2.49 bits per heavy atom. The highest BCUT2D eigenvalue weighted by molar-refractivity contribution is 6.31. The SMILES string of the molecule is O=C(Nc1ccnc(Cl)c1)N1CC2(CCN(CC=Cc3ccc(Cl)cc3)CC2)c2cc(Cl)ccc21. The van der Waals surface area contributed by atoms with Crippen molar-refractivity contribution in [3.05, 3.63) is 93.2 Å². The summed E-state index contributed by atoms with van der Waals surface area (Å²) < 4.78 is 0. The first-order valence-corrected chi connectivity index (χ1v) is 12.7. The number of urea groups is 1. The van der Waals surface area contributed by atoms with Gasteiger partial charge >= 0.3 is 6.03 Å². The van der Waals surface area contributed by atoms with Crippen molar-refractivity contribution < 1.29 is 4.79 Å². The van der Waals surface area contributed by atoms with Crippen LogP contribution in [0.1, 0.15) is 24.0 Å². The minimum absolute atomic E-state index is 0.107. The molecule has 2 aliphatic heterocycles. The van der Waals surface area contributed by atoms with E-state index in [1.807, 2.05) is 47.4 Å². The first kappa shape index (κ1) is 24.1. The number of carbonyl (C=O) groups is 1. The number of carbonyl (C=O) groups excluding carboxylic acids is 1. The van der Waals surface area contributed by atoms with E-state index in [2.05, 4.69) is 27.4 Å². The van der Waals surface area contributed by atoms with Crippen LogP contribution in [0.25, 0.3) is 6.08 Å². The molecule has 0 saturated carbocycles. The highest BCUT2D eigenvalue weighted by Gasteiger charge is 2.46. The second-order valence-electron chi connectivity index (χ2n) is 9.08. The summed E-state index contributed by atoms with van der Waals surface area (Å²) in [6, 6.07) is 16.9. The Kier molecular flexibility index (Phi) is 7.03. The highest BCUT2D eigenvalue weighted by Crippen LogP contribution is 2.48. The molecule has 180 valence electrons. The molecule has 0 unspecified atom stereocenters. The largest absolute Gasteiger partial charge is 0.326 e. The average Bonchev–Trinajstić information content (AvgIpc) is 3.15. The molecule has 3 aromatic rings. The lowest BCUT2D eigenvalue weighted by Crippen LogP contribution is -2.46. The van der Waals surface area contributed by atoms with Crippen LogP contribution >= 0.6 is 34.8 Å². The third kappa shape index (κ3) is 5.34. The number of amides is 2. The number of nitrogens with one attached hydrogen (secondary N) is 1. The molecule has 0 radical (unpaired) electrons. The minimum atomic E-state index is -0.180. The van der Waals surface area contributed by atoms with E-state index in [1.54, 1.807) is 18.3 Å². The number of hydrogen-bond donors (Lipinski definition) is 1. The number of benzene rings is 2. The molecule has 1 spiro atoms. The van der Waals surface area contributed by atoms with Gasteiger partial charge < -0.3 is 5.32 Å². The van der Waals surface area contributed by atoms with Crippen LogP contribution in [0, 0.1) is 0 Å². The number of likely N-dealkylation sites (tertiary alicyclic amines) is 1. The van der Waals surface area contributed by atoms with Gasteiger partial charge in [-0.2, -0.15) is 0 Å². The van der Waals surface area contributed by atoms with Crippen molar-refractivity contribution in [2.75, 3.05) is 36.4 Å². The molecule has 0 atom stereocenters. The standard InChI is InChI=1S/C27H25Cl3N4O/c28-20-5-3-19(4-6-20)2-1-13-33-14-10-27(11-15-33)18-34(24-8-7-21(29)16-23(24)27)26(35)32-22-9-12-31-25(30)17-22/h1-9,12,16-17H,10-11,13-15,18H2,(H,31,32,35). The number of anilines is 2. The fourth-order valence-corrected chi connectivity index (χ4v) is 5.47. The quantitative estimate of drug-likeness (QED) is 0.367. The van der Waals surface area contributed by atoms with Crippen molar-refractivity contribution >= 4 is 58.3 Å². The summed E-state index contributed by atoms with van der Waals surface area (Å²) in [5.74, 6) is 0. The number of aromatic nitrogens is 1. The third-order valence-corrected chi connectivity index (χ3v) is 7.56. The normalized spacial score (nSPS) is 17.2. The number of hydrogen-bond acceptors (Lipinski definition) is 3. The fraction of sp³-hybridized carbons (Fsp3) is 0.259. The molecule has 2 amide bonds. The Morgan fingerprint density at radius 2 is 1.74 bits per heavy atom. The van der Waals surface area contributed by atoms with E-state index in [-0.39, 0.29) is 11.4 Å². The molecule has 3 heterocycles. The van der Waals surface area contributed by atoms with Gasteiger partial charge in [-0.15, -0.1) is 0 Å². The summed E-state index contributed by atoms with van der Waals surface area (Å²) in [6.07, 6.45) is 7.82. The molecule has 1 aromatic heterocycles. The smallest absolute Gasteiger partial charge is 0.307 e. The molecule has 35 heavy (non-hydrogen) atoms. The van der Waals surface area contributed by atoms with Crippen LogP contribution in [0.2, 0.25) is 15.2 Å². The molecule has 5 rings (SSSR count). The summed E-state index contributed by atoms with van der Waals surface area (Å²) in [7, 11) is 0. The van der Waals surface area contributed by atoms with Gasteiger partial charge in [-0.05, 0) is 79.5 Å². The summed E-state index contributed by atoms with van der Waals surface area (Å²) >= 11 is 18.4. The third-order valence-electron chi connectivity index (χ3n) is 6.86. The van der Waals surface area contributed by atoms with Crippen LogP contribution in [-0.4, -0.2) is 42.1 Å². The van der Waals surface area contributed by atoms with Crippen molar-refractivity contribution in [1.82, 2.24) is 9.88 Å². The maximum Gasteiger partial charge on any atom is 0.326 e. The Hall–Kier alpha value is -2.57. The van der Waals surface area contributed by atoms with Gasteiger partial charge in [0.2, 0.25) is 0 Å². The highest BCUT2D eigenvalue weighted by atomic mass is 35.5. The van der Waals surface area contributed by atoms with Gasteiger partial charge in [0, 0.05) is 46.1 Å². The molecule has 2 aliphatic rings. The summed E-state index contributed by atoms with van der Waals surface area (Å²) in [4.78, 5) is 21.5. The molecule has 0 bridgehead atoms. The Bertz CT molecular complexity index is 1250. The van der Waals surface area contributed by atoms with Crippen molar-refractivity contribution in [1.29, 1.82) is 0 Å². The van der Waals surface area contributed by atoms with E-state index in [9.17, 15) is 4.79 Å². The van der Waals surface area contributed by atoms with Gasteiger partial charge in [-0.25, -0.2) is 9.78 Å². The van der Waals surface area contributed by atoms with Crippen LogP contribution < -0.4 is 10.2 Å². The van der Waals surface area contributed by atoms with Gasteiger partial charge in [-0.3, -0.25) is 9.80 Å². The average molecular weight is 528 g/mol. The summed E-state index contributed by atoms with van der Waals surface area (Å²) in [6.45, 7) is 3.41. The second kappa shape index (κ2) is 10.2. The molecule has 2 aromatic carbocycles. The molecule has 1 fully saturated rings. The van der Waals surface area contributed by atoms with Crippen molar-refractivity contribution in [3.63, 3.8) is 0 Å². The van der Waals surface area contributed by atoms with Crippen LogP contribution in [0.3, 0.4) is 0 Å². The predicted molar refractivity (Wildman–Crippen MR) is 145 cm³/mol. The topological polar surface area (TPSA) is 48.5 Å². The minimum Gasteiger partial charge on any atom is -0.307 e. The molecule has 0 aliphatic carbocycles. The van der Waals surface area contributed by atoms with E-state index < -0.39 is 0 Å². The Balaban J connectivity index is 1.28. The number of piperidine rings is 1. The number of rotatable bonds is 4. The molecular formula is C27H25Cl3N4O. The van der Waals surface area contributed by atoms with Crippen LogP contribution in [-0.2, 0) is 5.41 Å². The molecule has 8 heteroatoms. The van der Waals surface area contributed by atoms with Gasteiger partial charge in [0.25, 0.3) is 0 Å². The predicted octanol–water partition coefficient (Wildman–Crippen LogP) is 7.14. The van der Waals surface area contributed by atoms with Crippen molar-refractivity contribution in [2.45, 2.75) is 18.3 Å². The summed E-state index contributed by atoms with van der Waals surface area (Å²) in [5, 5.41) is 4.74. The molecular weight excluding hydrogens is 503 g/mol. The van der Waals surface area contributed by atoms with E-state index in [4.69, 9.17) is 34.8 Å². The van der Waals surface area contributed by atoms with E-state index in [0.717, 1.165) is 54.3 Å². The number of pyridine rings is 1. The van der Waals surface area contributed by atoms with Gasteiger partial charge in [0.15, 0.2) is 0 Å². The van der Waals surface area contributed by atoms with Gasteiger partial charge in [0.05, 0.1) is 0 Å². The lowest BCUT2D eigenvalue weighted by molar-refractivity contribution is 0.180. The number of nitrogens with zero attached hydrogens (tertiary/aromatic N) is 3. The maximum absolute atomic E-state index is 13.3. The lowest BCUT2D eigenvalue weighted by Gasteiger charge is -2.39. The number of halogens is 3. The fourth-order valence-electron chi connectivity index (χ4n) is 5.00. The van der Waals surface area contributed by atoms with Crippen LogP contribution in [0.15, 0.2) is 66.9 Å². The van der Waals surface area contributed by atoms with E-state index in [0.29, 0.717) is 22.4 Å². The van der Waals surface area contributed by atoms with Crippen LogP contribution in [0.4, 0.5) is 16.2 Å². The zero-order valence-corrected chi connectivity index (χ0v) is 21.3. The first-order valence-electron chi connectivity index (χ1n) is 11.6. The Morgan fingerprint density at radius 1 is 1.00 bits per heavy atom. The maximum atomic E-state index is 13.3. The summed E-state index contributed by atoms with van der Waals surface area (Å²) in [5.41, 5.74) is 3.73. The van der Waals surface area contributed by atoms with Crippen molar-refractivity contribution in [2.24, 2.45) is 0 Å². The number of fused-ring (bicyclic) bond motifs is 2. The first-order chi connectivity index (χ1) is 16.9. The van der Waals surface area contributed by atoms with Crippen molar-refractivity contribution in [3.8, 4) is 0 Å². The van der Waals surface area contributed by atoms with E-state index in [1.165, 1.54) is 0 Å². The molecule has 1 saturated heterocycles. The van der Waals surface area contributed by atoms with Gasteiger partial charge in [-0.1, -0.05) is 59.1 Å². The van der Waals surface area contributed by atoms with E-state index >= 15 is 0 Å². The lowest BCUT2D eigenvalue weighted by atomic mass is 9.74. The Labute approximate surface area is 220 Å². The monoisotopic (exact) mass is 526 g/mol. The zero-order valence-electron chi connectivity index (χ0n) is 19.1. The molecule has 5 nitrogen and oxygen atoms in total. The molecule has 1 N–H and O–H groups in total.